The number of hydrogen-bond acceptors (Lipinski definition) is 5. The van der Waals surface area contributed by atoms with E-state index in [9.17, 15) is 24.6 Å². The molecule has 3 aliphatic heterocycles. The number of carbonyl (C=O) groups is 3. The molecule has 2 aromatic carbocycles. The first-order valence-electron chi connectivity index (χ1n) is 10.4. The van der Waals surface area contributed by atoms with Gasteiger partial charge in [-0.15, -0.1) is 0 Å². The third-order valence-corrected chi connectivity index (χ3v) is 6.52. The summed E-state index contributed by atoms with van der Waals surface area (Å²) in [5, 5.41) is 19.1. The first-order valence-corrected chi connectivity index (χ1v) is 10.4. The van der Waals surface area contributed by atoms with E-state index >= 15 is 0 Å². The van der Waals surface area contributed by atoms with Gasteiger partial charge in [-0.05, 0) is 34.9 Å². The molecule has 0 saturated heterocycles. The fourth-order valence-electron chi connectivity index (χ4n) is 5.18. The van der Waals surface area contributed by atoms with E-state index in [1.54, 1.807) is 0 Å². The summed E-state index contributed by atoms with van der Waals surface area (Å²) in [5.41, 5.74) is 4.10. The number of benzene rings is 2. The van der Waals surface area contributed by atoms with Gasteiger partial charge >= 0.3 is 17.9 Å². The largest absolute Gasteiger partial charge is 0.478 e. The Kier molecular flexibility index (Phi) is 4.27. The summed E-state index contributed by atoms with van der Waals surface area (Å²) in [6.45, 7) is 4.89. The van der Waals surface area contributed by atoms with Gasteiger partial charge in [-0.25, -0.2) is 14.4 Å². The summed E-state index contributed by atoms with van der Waals surface area (Å²) in [5.74, 6) is -3.01. The molecule has 2 N–H and O–H groups in total. The van der Waals surface area contributed by atoms with Crippen molar-refractivity contribution in [1.82, 2.24) is 0 Å². The first kappa shape index (κ1) is 20.1. The van der Waals surface area contributed by atoms with Crippen LogP contribution in [0.1, 0.15) is 52.1 Å². The number of carboxylic acids is 2. The molecule has 7 nitrogen and oxygen atoms in total. The van der Waals surface area contributed by atoms with Crippen molar-refractivity contribution in [3.63, 3.8) is 0 Å². The summed E-state index contributed by atoms with van der Waals surface area (Å²) >= 11 is 0. The minimum atomic E-state index is -1.26. The highest BCUT2D eigenvalue weighted by Crippen LogP contribution is 2.54. The van der Waals surface area contributed by atoms with E-state index < -0.39 is 29.4 Å². The Morgan fingerprint density at radius 1 is 1.09 bits per heavy atom. The van der Waals surface area contributed by atoms with Gasteiger partial charge < -0.3 is 19.8 Å². The second kappa shape index (κ2) is 6.82. The fraction of sp³-hybridized carbons (Fsp3) is 0.240. The molecule has 3 heterocycles. The molecule has 0 amide bonds. The van der Waals surface area contributed by atoms with Crippen LogP contribution in [0.4, 0.5) is 5.69 Å². The van der Waals surface area contributed by atoms with Crippen molar-refractivity contribution in [2.24, 2.45) is 0 Å². The Hall–Kier alpha value is -3.87. The zero-order valence-electron chi connectivity index (χ0n) is 17.6. The topological polar surface area (TPSA) is 104 Å². The Balaban J connectivity index is 1.79. The third-order valence-electron chi connectivity index (χ3n) is 6.52. The van der Waals surface area contributed by atoms with Gasteiger partial charge in [0.05, 0.1) is 11.1 Å². The van der Waals surface area contributed by atoms with Crippen molar-refractivity contribution in [3.8, 4) is 0 Å². The lowest BCUT2D eigenvalue weighted by Gasteiger charge is -2.40. The number of carboxylic acid groups (broad SMARTS) is 2. The molecule has 0 aromatic heterocycles. The number of rotatable bonds is 3. The van der Waals surface area contributed by atoms with Crippen LogP contribution in [0.2, 0.25) is 0 Å². The lowest BCUT2D eigenvalue weighted by atomic mass is 9.76. The highest BCUT2D eigenvalue weighted by molar-refractivity contribution is 6.06. The third kappa shape index (κ3) is 2.77. The van der Waals surface area contributed by atoms with Crippen LogP contribution in [0.3, 0.4) is 0 Å². The molecule has 0 fully saturated rings. The van der Waals surface area contributed by atoms with Crippen LogP contribution in [0.5, 0.6) is 0 Å². The second-order valence-corrected chi connectivity index (χ2v) is 8.70. The molecular formula is C25H21NO6. The summed E-state index contributed by atoms with van der Waals surface area (Å²) < 4.78 is 5.66. The van der Waals surface area contributed by atoms with Crippen molar-refractivity contribution in [3.05, 3.63) is 82.1 Å². The number of esters is 1. The van der Waals surface area contributed by atoms with Gasteiger partial charge in [-0.3, -0.25) is 0 Å². The van der Waals surface area contributed by atoms with Crippen molar-refractivity contribution >= 4 is 29.2 Å². The smallest absolute Gasteiger partial charge is 0.336 e. The summed E-state index contributed by atoms with van der Waals surface area (Å²) in [6.07, 6.45) is 1.40. The van der Waals surface area contributed by atoms with Crippen LogP contribution in [-0.2, 0) is 14.9 Å². The number of nitrogens with zero attached hydrogens (tertiary/aromatic N) is 1. The molecule has 7 heteroatoms. The molecule has 162 valence electrons. The van der Waals surface area contributed by atoms with Crippen LogP contribution >= 0.6 is 0 Å². The maximum Gasteiger partial charge on any atom is 0.336 e. The Morgan fingerprint density at radius 3 is 2.56 bits per heavy atom. The molecule has 2 aromatic rings. The number of ether oxygens (including phenoxy) is 1. The zero-order valence-corrected chi connectivity index (χ0v) is 17.6. The van der Waals surface area contributed by atoms with Crippen LogP contribution in [-0.4, -0.2) is 40.8 Å². The van der Waals surface area contributed by atoms with Crippen LogP contribution < -0.4 is 4.90 Å². The molecule has 3 aliphatic rings. The monoisotopic (exact) mass is 431 g/mol. The Bertz CT molecular complexity index is 1270. The highest BCUT2D eigenvalue weighted by atomic mass is 16.5. The molecule has 0 radical (unpaired) electrons. The first-order chi connectivity index (χ1) is 15.2. The predicted octanol–water partition coefficient (Wildman–Crippen LogP) is 3.85. The maximum atomic E-state index is 12.5. The van der Waals surface area contributed by atoms with Gasteiger partial charge in [0.15, 0.2) is 0 Å². The molecule has 0 spiro atoms. The molecular weight excluding hydrogens is 410 g/mol. The normalized spacial score (nSPS) is 20.7. The molecule has 0 aliphatic carbocycles. The van der Waals surface area contributed by atoms with Gasteiger partial charge in [0, 0.05) is 41.4 Å². The Labute approximate surface area is 184 Å². The molecule has 1 unspecified atom stereocenters. The van der Waals surface area contributed by atoms with Gasteiger partial charge in [-0.1, -0.05) is 38.1 Å². The summed E-state index contributed by atoms with van der Waals surface area (Å²) in [7, 11) is 0. The molecule has 5 rings (SSSR count). The SMILES string of the molecule is CC1(C)C2=C3C(c4ccc(C(=O)O)cc4C(=O)O)=CC(=O)OC3CCN2c2ccccc21. The van der Waals surface area contributed by atoms with Gasteiger partial charge in [0.2, 0.25) is 0 Å². The van der Waals surface area contributed by atoms with Crippen LogP contribution in [0.25, 0.3) is 5.57 Å². The van der Waals surface area contributed by atoms with Crippen molar-refractivity contribution in [2.45, 2.75) is 31.8 Å². The Morgan fingerprint density at radius 2 is 1.84 bits per heavy atom. The second-order valence-electron chi connectivity index (χ2n) is 8.70. The maximum absolute atomic E-state index is 12.5. The predicted molar refractivity (Wildman–Crippen MR) is 117 cm³/mol. The van der Waals surface area contributed by atoms with E-state index in [4.69, 9.17) is 4.74 Å². The van der Waals surface area contributed by atoms with E-state index in [0.29, 0.717) is 24.1 Å². The van der Waals surface area contributed by atoms with E-state index in [-0.39, 0.29) is 11.1 Å². The van der Waals surface area contributed by atoms with E-state index in [2.05, 4.69) is 30.9 Å². The lowest BCUT2D eigenvalue weighted by Crippen LogP contribution is -2.41. The standard InChI is InChI=1S/C25H21NO6/c1-25(2)17-5-3-4-6-18(17)26-10-9-19-21(22(25)26)15(12-20(27)32-19)14-8-7-13(23(28)29)11-16(14)24(30)31/h3-8,11-12,19H,9-10H2,1-2H3,(H,28,29)(H,30,31). The van der Waals surface area contributed by atoms with Crippen molar-refractivity contribution < 1.29 is 29.3 Å². The number of anilines is 1. The van der Waals surface area contributed by atoms with Crippen LogP contribution in [0, 0.1) is 0 Å². The summed E-state index contributed by atoms with van der Waals surface area (Å²) in [6, 6.07) is 12.1. The number of para-hydroxylation sites is 1. The number of carbonyl (C=O) groups excluding carboxylic acids is 1. The zero-order chi connectivity index (χ0) is 22.8. The number of allylic oxidation sites excluding steroid dienone is 1. The highest BCUT2D eigenvalue weighted by Gasteiger charge is 2.48. The lowest BCUT2D eigenvalue weighted by molar-refractivity contribution is -0.142. The average molecular weight is 431 g/mol. The minimum absolute atomic E-state index is 0.127. The number of hydrogen-bond donors (Lipinski definition) is 2. The number of fused-ring (bicyclic) bond motifs is 4. The van der Waals surface area contributed by atoms with Gasteiger partial charge in [0.25, 0.3) is 0 Å². The van der Waals surface area contributed by atoms with E-state index in [1.807, 2.05) is 12.1 Å². The number of aromatic carboxylic acids is 2. The molecule has 0 saturated carbocycles. The molecule has 32 heavy (non-hydrogen) atoms. The molecule has 0 bridgehead atoms. The summed E-state index contributed by atoms with van der Waals surface area (Å²) in [4.78, 5) is 38.1. The minimum Gasteiger partial charge on any atom is -0.478 e. The van der Waals surface area contributed by atoms with Gasteiger partial charge in [-0.2, -0.15) is 0 Å². The average Bonchev–Trinajstić information content (AvgIpc) is 3.00. The van der Waals surface area contributed by atoms with E-state index in [0.717, 1.165) is 28.6 Å². The van der Waals surface area contributed by atoms with Crippen LogP contribution in [0.15, 0.2) is 59.8 Å². The molecule has 1 atom stereocenters. The van der Waals surface area contributed by atoms with Gasteiger partial charge in [0.1, 0.15) is 6.10 Å². The van der Waals surface area contributed by atoms with Crippen molar-refractivity contribution in [2.75, 3.05) is 11.4 Å². The quantitative estimate of drug-likeness (QED) is 0.712. The van der Waals surface area contributed by atoms with Crippen molar-refractivity contribution in [1.29, 1.82) is 0 Å². The fourth-order valence-corrected chi connectivity index (χ4v) is 5.18. The van der Waals surface area contributed by atoms with E-state index in [1.165, 1.54) is 18.2 Å².